The van der Waals surface area contributed by atoms with Gasteiger partial charge in [0.25, 0.3) is 0 Å². The summed E-state index contributed by atoms with van der Waals surface area (Å²) in [6.07, 6.45) is 7.73. The molecule has 0 spiro atoms. The van der Waals surface area contributed by atoms with E-state index in [4.69, 9.17) is 21.1 Å². The third-order valence-corrected chi connectivity index (χ3v) is 8.61. The first-order chi connectivity index (χ1) is 21.0. The van der Waals surface area contributed by atoms with Crippen LogP contribution in [0.1, 0.15) is 66.0 Å². The number of aromatic nitrogens is 1. The molecule has 1 saturated carbocycles. The van der Waals surface area contributed by atoms with Crippen molar-refractivity contribution >= 4 is 11.6 Å². The molecule has 8 heteroatoms. The number of halogens is 2. The molecule has 0 saturated heterocycles. The van der Waals surface area contributed by atoms with Crippen LogP contribution in [0.4, 0.5) is 4.39 Å². The van der Waals surface area contributed by atoms with Gasteiger partial charge in [-0.25, -0.2) is 4.39 Å². The summed E-state index contributed by atoms with van der Waals surface area (Å²) in [7, 11) is 0. The Balaban J connectivity index is 1.26. The van der Waals surface area contributed by atoms with E-state index < -0.39 is 0 Å². The Labute approximate surface area is 256 Å². The summed E-state index contributed by atoms with van der Waals surface area (Å²) in [5, 5.41) is 23.4. The molecule has 1 heterocycles. The summed E-state index contributed by atoms with van der Waals surface area (Å²) in [5.74, 6) is 0.878. The number of ether oxygens (including phenoxy) is 2. The van der Waals surface area contributed by atoms with E-state index in [2.05, 4.69) is 16.4 Å². The number of fused-ring (bicyclic) bond motifs is 1. The Morgan fingerprint density at radius 1 is 1.02 bits per heavy atom. The van der Waals surface area contributed by atoms with Crippen molar-refractivity contribution in [1.82, 2.24) is 10.3 Å². The molecule has 6 nitrogen and oxygen atoms in total. The lowest BCUT2D eigenvalue weighted by molar-refractivity contribution is 0.111. The fraction of sp³-hybridized carbons (Fsp3) is 0.314. The van der Waals surface area contributed by atoms with Gasteiger partial charge in [-0.15, -0.1) is 0 Å². The second-order valence-electron chi connectivity index (χ2n) is 11.3. The lowest BCUT2D eigenvalue weighted by atomic mass is 9.93. The summed E-state index contributed by atoms with van der Waals surface area (Å²) >= 11 is 6.81. The van der Waals surface area contributed by atoms with Gasteiger partial charge in [-0.3, -0.25) is 4.98 Å². The number of nitrogens with zero attached hydrogens (tertiary/aromatic N) is 2. The van der Waals surface area contributed by atoms with E-state index in [1.807, 2.05) is 42.5 Å². The predicted octanol–water partition coefficient (Wildman–Crippen LogP) is 7.45. The van der Waals surface area contributed by atoms with Crippen LogP contribution >= 0.6 is 11.6 Å². The maximum absolute atomic E-state index is 14.7. The quantitative estimate of drug-likeness (QED) is 0.208. The molecule has 1 aromatic heterocycles. The van der Waals surface area contributed by atoms with Crippen molar-refractivity contribution in [3.05, 3.63) is 112 Å². The highest BCUT2D eigenvalue weighted by Crippen LogP contribution is 2.43. The van der Waals surface area contributed by atoms with Crippen LogP contribution in [-0.4, -0.2) is 22.2 Å². The molecule has 0 bridgehead atoms. The van der Waals surface area contributed by atoms with Crippen molar-refractivity contribution in [2.75, 3.05) is 0 Å². The van der Waals surface area contributed by atoms with Crippen LogP contribution in [0.3, 0.4) is 0 Å². The number of nitrogens with one attached hydrogen (secondary N) is 1. The summed E-state index contributed by atoms with van der Waals surface area (Å²) in [6, 6.07) is 20.6. The smallest absolute Gasteiger partial charge is 0.142 e. The number of hydrogen-bond donors (Lipinski definition) is 2. The summed E-state index contributed by atoms with van der Waals surface area (Å²) in [6.45, 7) is 0.735. The third kappa shape index (κ3) is 6.67. The molecule has 43 heavy (non-hydrogen) atoms. The van der Waals surface area contributed by atoms with E-state index in [1.165, 1.54) is 12.3 Å². The molecule has 0 aliphatic heterocycles. The monoisotopic (exact) mass is 597 g/mol. The zero-order valence-corrected chi connectivity index (χ0v) is 24.5. The van der Waals surface area contributed by atoms with Gasteiger partial charge in [-0.05, 0) is 73.4 Å². The molecule has 2 N–H and O–H groups in total. The van der Waals surface area contributed by atoms with E-state index in [9.17, 15) is 14.8 Å². The van der Waals surface area contributed by atoms with Gasteiger partial charge in [0.05, 0.1) is 16.7 Å². The van der Waals surface area contributed by atoms with Gasteiger partial charge < -0.3 is 19.9 Å². The van der Waals surface area contributed by atoms with Gasteiger partial charge >= 0.3 is 0 Å². The molecule has 0 amide bonds. The molecule has 3 aromatic carbocycles. The Kier molecular flexibility index (Phi) is 8.90. The molecule has 0 radical (unpaired) electrons. The molecule has 1 unspecified atom stereocenters. The van der Waals surface area contributed by atoms with Gasteiger partial charge in [0.1, 0.15) is 36.1 Å². The van der Waals surface area contributed by atoms with Crippen LogP contribution in [-0.2, 0) is 19.6 Å². The average molecular weight is 598 g/mol. The number of rotatable bonds is 9. The first-order valence-electron chi connectivity index (χ1n) is 14.7. The minimum absolute atomic E-state index is 0.210. The Hall–Kier alpha value is -3.96. The minimum atomic E-state index is -0.283. The Morgan fingerprint density at radius 3 is 2.72 bits per heavy atom. The third-order valence-electron chi connectivity index (χ3n) is 8.31. The topological polar surface area (TPSA) is 87.4 Å². The number of hydrogen-bond acceptors (Lipinski definition) is 6. The van der Waals surface area contributed by atoms with Crippen molar-refractivity contribution in [2.24, 2.45) is 0 Å². The fourth-order valence-electron chi connectivity index (χ4n) is 6.16. The molecular weight excluding hydrogens is 565 g/mol. The van der Waals surface area contributed by atoms with E-state index in [-0.39, 0.29) is 30.7 Å². The number of aliphatic hydroxyl groups excluding tert-OH is 1. The van der Waals surface area contributed by atoms with Gasteiger partial charge in [-0.1, -0.05) is 48.0 Å². The largest absolute Gasteiger partial charge is 0.488 e. The number of aliphatic hydroxyl groups is 1. The normalized spacial score (nSPS) is 19.4. The fourth-order valence-corrected chi connectivity index (χ4v) is 6.39. The van der Waals surface area contributed by atoms with Crippen LogP contribution in [0.25, 0.3) is 11.1 Å². The SMILES string of the molecule is N#Cc1cncc(COc2cc(O[C@H]3CCc4c(-c5ccccc5F)cccc43)c(Cl)cc2CN[C@H]2CCCC(O)C2)c1. The average Bonchev–Trinajstić information content (AvgIpc) is 3.43. The van der Waals surface area contributed by atoms with Crippen LogP contribution in [0, 0.1) is 17.1 Å². The van der Waals surface area contributed by atoms with E-state index >= 15 is 0 Å². The maximum Gasteiger partial charge on any atom is 0.142 e. The van der Waals surface area contributed by atoms with E-state index in [0.717, 1.165) is 59.9 Å². The Morgan fingerprint density at radius 2 is 1.88 bits per heavy atom. The molecule has 2 aliphatic carbocycles. The van der Waals surface area contributed by atoms with Crippen LogP contribution in [0.15, 0.2) is 73.1 Å². The molecule has 220 valence electrons. The molecule has 1 fully saturated rings. The van der Waals surface area contributed by atoms with Gasteiger partial charge in [-0.2, -0.15) is 5.26 Å². The minimum Gasteiger partial charge on any atom is -0.488 e. The number of pyridine rings is 1. The van der Waals surface area contributed by atoms with Crippen molar-refractivity contribution in [3.8, 4) is 28.7 Å². The van der Waals surface area contributed by atoms with Crippen molar-refractivity contribution in [3.63, 3.8) is 0 Å². The Bertz CT molecular complexity index is 1660. The number of nitriles is 1. The molecular formula is C35H33ClFN3O3. The van der Waals surface area contributed by atoms with Crippen LogP contribution in [0.5, 0.6) is 11.5 Å². The summed E-state index contributed by atoms with van der Waals surface area (Å²) in [4.78, 5) is 4.14. The highest BCUT2D eigenvalue weighted by atomic mass is 35.5. The van der Waals surface area contributed by atoms with Crippen LogP contribution < -0.4 is 14.8 Å². The standard InChI is InChI=1S/C35H33ClFN3O3/c36-31-14-24(20-40-25-5-3-6-26(41)15-25)34(42-21-23-13-22(17-38)18-39-19-23)16-35(31)43-33-12-11-28-27(8-4-9-30(28)33)29-7-1-2-10-32(29)37/h1-2,4,7-10,13-14,16,18-19,25-26,33,40-41H,3,5-6,11-12,15,20-21H2/t25-,26?,33-/m0/s1. The zero-order valence-electron chi connectivity index (χ0n) is 23.7. The molecule has 4 aromatic rings. The summed E-state index contributed by atoms with van der Waals surface area (Å²) < 4.78 is 27.5. The van der Waals surface area contributed by atoms with Crippen molar-refractivity contribution < 1.29 is 19.0 Å². The predicted molar refractivity (Wildman–Crippen MR) is 163 cm³/mol. The van der Waals surface area contributed by atoms with Crippen molar-refractivity contribution in [2.45, 2.75) is 69.9 Å². The second kappa shape index (κ2) is 13.1. The molecule has 3 atom stereocenters. The van der Waals surface area contributed by atoms with Crippen molar-refractivity contribution in [1.29, 1.82) is 5.26 Å². The lowest BCUT2D eigenvalue weighted by Crippen LogP contribution is -2.35. The first kappa shape index (κ1) is 29.1. The van der Waals surface area contributed by atoms with Gasteiger partial charge in [0.2, 0.25) is 0 Å². The van der Waals surface area contributed by atoms with Gasteiger partial charge in [0.15, 0.2) is 0 Å². The first-order valence-corrected chi connectivity index (χ1v) is 15.1. The highest BCUT2D eigenvalue weighted by Gasteiger charge is 2.28. The maximum atomic E-state index is 14.7. The summed E-state index contributed by atoms with van der Waals surface area (Å²) in [5.41, 5.74) is 5.71. The van der Waals surface area contributed by atoms with E-state index in [1.54, 1.807) is 18.3 Å². The molecule has 2 aliphatic rings. The molecule has 6 rings (SSSR count). The van der Waals surface area contributed by atoms with Crippen LogP contribution in [0.2, 0.25) is 5.02 Å². The number of benzene rings is 3. The van der Waals surface area contributed by atoms with E-state index in [0.29, 0.717) is 40.6 Å². The lowest BCUT2D eigenvalue weighted by Gasteiger charge is -2.27. The van der Waals surface area contributed by atoms with Gasteiger partial charge in [0, 0.05) is 47.7 Å². The second-order valence-corrected chi connectivity index (χ2v) is 11.7. The zero-order chi connectivity index (χ0) is 29.8. The highest BCUT2D eigenvalue weighted by molar-refractivity contribution is 6.32.